The summed E-state index contributed by atoms with van der Waals surface area (Å²) in [5, 5.41) is 2.48. The lowest BCUT2D eigenvalue weighted by Gasteiger charge is -2.18. The molecular weight excluding hydrogens is 362 g/mol. The van der Waals surface area contributed by atoms with Gasteiger partial charge in [0.15, 0.2) is 0 Å². The summed E-state index contributed by atoms with van der Waals surface area (Å²) in [7, 11) is 0. The average Bonchev–Trinajstić information content (AvgIpc) is 3.17. The van der Waals surface area contributed by atoms with Gasteiger partial charge in [0.05, 0.1) is 0 Å². The van der Waals surface area contributed by atoms with Crippen LogP contribution in [0.2, 0.25) is 0 Å². The summed E-state index contributed by atoms with van der Waals surface area (Å²) in [6, 6.07) is 36.7. The largest absolute Gasteiger partial charge is 0.398 e. The third kappa shape index (κ3) is 2.56. The first-order valence-corrected chi connectivity index (χ1v) is 10.4. The van der Waals surface area contributed by atoms with E-state index in [2.05, 4.69) is 103 Å². The Morgan fingerprint density at radius 2 is 1.27 bits per heavy atom. The zero-order valence-corrected chi connectivity index (χ0v) is 16.6. The van der Waals surface area contributed by atoms with Gasteiger partial charge in [-0.25, -0.2) is 0 Å². The highest BCUT2D eigenvalue weighted by atomic mass is 14.6. The lowest BCUT2D eigenvalue weighted by Crippen LogP contribution is -1.99. The molecule has 0 saturated carbocycles. The second kappa shape index (κ2) is 6.60. The molecule has 142 valence electrons. The van der Waals surface area contributed by atoms with Gasteiger partial charge in [-0.2, -0.15) is 0 Å². The first-order chi connectivity index (χ1) is 14.8. The molecule has 0 saturated heterocycles. The van der Waals surface area contributed by atoms with E-state index in [4.69, 9.17) is 5.73 Å². The molecule has 0 atom stereocenters. The van der Waals surface area contributed by atoms with Crippen LogP contribution in [0.1, 0.15) is 11.1 Å². The number of nitrogens with two attached hydrogens (primary N) is 1. The Labute approximate surface area is 176 Å². The van der Waals surface area contributed by atoms with Crippen molar-refractivity contribution >= 4 is 16.5 Å². The van der Waals surface area contributed by atoms with Crippen LogP contribution in [-0.2, 0) is 6.42 Å². The molecule has 1 aliphatic carbocycles. The molecule has 1 heteroatoms. The monoisotopic (exact) mass is 383 g/mol. The highest BCUT2D eigenvalue weighted by Crippen LogP contribution is 2.48. The van der Waals surface area contributed by atoms with Crippen LogP contribution in [0.4, 0.5) is 5.69 Å². The third-order valence-corrected chi connectivity index (χ3v) is 6.27. The van der Waals surface area contributed by atoms with Crippen LogP contribution in [0.15, 0.2) is 103 Å². The number of benzene rings is 5. The predicted octanol–water partition coefficient (Wildman–Crippen LogP) is 7.33. The Hall–Kier alpha value is -3.84. The molecule has 0 heterocycles. The summed E-state index contributed by atoms with van der Waals surface area (Å²) >= 11 is 0. The standard InChI is InChI=1S/C29H21N/c30-29-25(23-15-14-19-8-4-5-11-21(19)16-23)18-26-24-13-7-6-12-22(24)17-27(26)28(29)20-9-2-1-3-10-20/h1-16,18H,17,30H2. The Morgan fingerprint density at radius 1 is 0.533 bits per heavy atom. The van der Waals surface area contributed by atoms with E-state index in [0.29, 0.717) is 0 Å². The fraction of sp³-hybridized carbons (Fsp3) is 0.0345. The topological polar surface area (TPSA) is 26.0 Å². The Morgan fingerprint density at radius 3 is 2.13 bits per heavy atom. The molecule has 5 aromatic rings. The van der Waals surface area contributed by atoms with E-state index in [0.717, 1.165) is 23.2 Å². The summed E-state index contributed by atoms with van der Waals surface area (Å²) in [5.41, 5.74) is 17.7. The Balaban J connectivity index is 1.66. The van der Waals surface area contributed by atoms with Crippen LogP contribution in [0, 0.1) is 0 Å². The van der Waals surface area contributed by atoms with Gasteiger partial charge in [0.25, 0.3) is 0 Å². The molecule has 0 aromatic heterocycles. The molecule has 1 nitrogen and oxygen atoms in total. The van der Waals surface area contributed by atoms with E-state index >= 15 is 0 Å². The van der Waals surface area contributed by atoms with Crippen molar-refractivity contribution in [2.45, 2.75) is 6.42 Å². The van der Waals surface area contributed by atoms with Gasteiger partial charge in [-0.05, 0) is 62.7 Å². The van der Waals surface area contributed by atoms with Gasteiger partial charge in [0, 0.05) is 16.8 Å². The molecule has 30 heavy (non-hydrogen) atoms. The maximum absolute atomic E-state index is 6.90. The highest BCUT2D eigenvalue weighted by Gasteiger charge is 2.25. The normalized spacial score (nSPS) is 12.0. The van der Waals surface area contributed by atoms with Crippen molar-refractivity contribution in [2.75, 3.05) is 5.73 Å². The van der Waals surface area contributed by atoms with Crippen molar-refractivity contribution in [3.8, 4) is 33.4 Å². The summed E-state index contributed by atoms with van der Waals surface area (Å²) < 4.78 is 0. The number of hydrogen-bond donors (Lipinski definition) is 1. The summed E-state index contributed by atoms with van der Waals surface area (Å²) in [4.78, 5) is 0. The van der Waals surface area contributed by atoms with Crippen LogP contribution >= 0.6 is 0 Å². The number of fused-ring (bicyclic) bond motifs is 4. The van der Waals surface area contributed by atoms with E-state index in [1.54, 1.807) is 0 Å². The smallest absolute Gasteiger partial charge is 0.0476 e. The number of anilines is 1. The Bertz CT molecular complexity index is 1410. The maximum atomic E-state index is 6.90. The first kappa shape index (κ1) is 17.1. The van der Waals surface area contributed by atoms with Crippen molar-refractivity contribution in [2.24, 2.45) is 0 Å². The van der Waals surface area contributed by atoms with Gasteiger partial charge in [0.1, 0.15) is 0 Å². The fourth-order valence-electron chi connectivity index (χ4n) is 4.82. The van der Waals surface area contributed by atoms with Crippen LogP contribution in [0.25, 0.3) is 44.2 Å². The van der Waals surface area contributed by atoms with Gasteiger partial charge in [-0.1, -0.05) is 91.0 Å². The highest BCUT2D eigenvalue weighted by molar-refractivity contribution is 6.00. The average molecular weight is 383 g/mol. The van der Waals surface area contributed by atoms with Crippen LogP contribution in [0.3, 0.4) is 0 Å². The molecule has 0 bridgehead atoms. The molecule has 0 spiro atoms. The van der Waals surface area contributed by atoms with Crippen molar-refractivity contribution in [3.63, 3.8) is 0 Å². The second-order valence-corrected chi connectivity index (χ2v) is 8.00. The number of hydrogen-bond acceptors (Lipinski definition) is 1. The van der Waals surface area contributed by atoms with Crippen molar-refractivity contribution < 1.29 is 0 Å². The van der Waals surface area contributed by atoms with E-state index < -0.39 is 0 Å². The minimum Gasteiger partial charge on any atom is -0.398 e. The zero-order valence-electron chi connectivity index (χ0n) is 16.6. The van der Waals surface area contributed by atoms with Crippen LogP contribution in [0.5, 0.6) is 0 Å². The molecule has 6 rings (SSSR count). The molecular formula is C29H21N. The fourth-order valence-corrected chi connectivity index (χ4v) is 4.82. The number of nitrogen functional groups attached to an aromatic ring is 1. The predicted molar refractivity (Wildman–Crippen MR) is 127 cm³/mol. The summed E-state index contributed by atoms with van der Waals surface area (Å²) in [6.07, 6.45) is 0.929. The SMILES string of the molecule is Nc1c(-c2ccc3ccccc3c2)cc2c(c1-c1ccccc1)Cc1ccccc1-2. The van der Waals surface area contributed by atoms with E-state index in [1.165, 1.54) is 44.2 Å². The molecule has 0 amide bonds. The van der Waals surface area contributed by atoms with Gasteiger partial charge in [-0.3, -0.25) is 0 Å². The van der Waals surface area contributed by atoms with Gasteiger partial charge >= 0.3 is 0 Å². The van der Waals surface area contributed by atoms with Crippen molar-refractivity contribution in [1.29, 1.82) is 0 Å². The zero-order chi connectivity index (χ0) is 20.1. The van der Waals surface area contributed by atoms with Crippen molar-refractivity contribution in [1.82, 2.24) is 0 Å². The van der Waals surface area contributed by atoms with E-state index in [-0.39, 0.29) is 0 Å². The van der Waals surface area contributed by atoms with E-state index in [1.807, 2.05) is 0 Å². The first-order valence-electron chi connectivity index (χ1n) is 10.4. The van der Waals surface area contributed by atoms with Crippen LogP contribution < -0.4 is 5.73 Å². The van der Waals surface area contributed by atoms with Crippen LogP contribution in [-0.4, -0.2) is 0 Å². The van der Waals surface area contributed by atoms with Gasteiger partial charge in [-0.15, -0.1) is 0 Å². The molecule has 5 aromatic carbocycles. The molecule has 0 fully saturated rings. The quantitative estimate of drug-likeness (QED) is 0.311. The van der Waals surface area contributed by atoms with E-state index in [9.17, 15) is 0 Å². The van der Waals surface area contributed by atoms with Crippen molar-refractivity contribution in [3.05, 3.63) is 114 Å². The summed E-state index contributed by atoms with van der Waals surface area (Å²) in [5.74, 6) is 0. The summed E-state index contributed by atoms with van der Waals surface area (Å²) in [6.45, 7) is 0. The lowest BCUT2D eigenvalue weighted by molar-refractivity contribution is 1.26. The minimum atomic E-state index is 0.864. The Kier molecular flexibility index (Phi) is 3.75. The molecule has 0 aliphatic heterocycles. The molecule has 1 aliphatic rings. The minimum absolute atomic E-state index is 0.864. The number of rotatable bonds is 2. The van der Waals surface area contributed by atoms with Gasteiger partial charge < -0.3 is 5.73 Å². The molecule has 0 radical (unpaired) electrons. The third-order valence-electron chi connectivity index (χ3n) is 6.27. The lowest BCUT2D eigenvalue weighted by atomic mass is 9.88. The molecule has 2 N–H and O–H groups in total. The molecule has 0 unspecified atom stereocenters. The maximum Gasteiger partial charge on any atom is 0.0476 e. The van der Waals surface area contributed by atoms with Gasteiger partial charge in [0.2, 0.25) is 0 Å². The second-order valence-electron chi connectivity index (χ2n) is 8.00.